The molecule has 0 radical (unpaired) electrons. The van der Waals surface area contributed by atoms with Crippen LogP contribution < -0.4 is 4.74 Å². The number of hydrogen-bond donors (Lipinski definition) is 0. The van der Waals surface area contributed by atoms with Gasteiger partial charge in [0.15, 0.2) is 0 Å². The number of aromatic nitrogens is 1. The predicted octanol–water partition coefficient (Wildman–Crippen LogP) is 5.32. The highest BCUT2D eigenvalue weighted by Gasteiger charge is 2.37. The van der Waals surface area contributed by atoms with E-state index in [1.54, 1.807) is 0 Å². The zero-order valence-electron chi connectivity index (χ0n) is 10.5. The first-order valence-electron chi connectivity index (χ1n) is 5.66. The van der Waals surface area contributed by atoms with Crippen LogP contribution in [0.2, 0.25) is 5.15 Å². The summed E-state index contributed by atoms with van der Waals surface area (Å²) >= 11 is 5.67. The first kappa shape index (κ1) is 16.4. The molecule has 0 aliphatic carbocycles. The van der Waals surface area contributed by atoms with Gasteiger partial charge in [0.25, 0.3) is 0 Å². The topological polar surface area (TPSA) is 22.1 Å². The highest BCUT2D eigenvalue weighted by molar-refractivity contribution is 6.32. The summed E-state index contributed by atoms with van der Waals surface area (Å²) in [5.74, 6) is -0.796. The van der Waals surface area contributed by atoms with Crippen molar-refractivity contribution in [2.75, 3.05) is 0 Å². The number of halogens is 7. The average molecular weight is 342 g/mol. The van der Waals surface area contributed by atoms with E-state index in [0.29, 0.717) is 6.07 Å². The number of nitrogens with zero attached hydrogens (tertiary/aromatic N) is 1. The van der Waals surface area contributed by atoms with E-state index >= 15 is 0 Å². The third-order valence-corrected chi connectivity index (χ3v) is 2.88. The van der Waals surface area contributed by atoms with Crippen molar-refractivity contribution in [3.8, 4) is 16.9 Å². The predicted molar refractivity (Wildman–Crippen MR) is 66.4 cm³/mol. The first-order valence-corrected chi connectivity index (χ1v) is 6.04. The third kappa shape index (κ3) is 3.62. The Morgan fingerprint density at radius 2 is 1.59 bits per heavy atom. The molecule has 118 valence electrons. The minimum Gasteiger partial charge on any atom is -0.405 e. The molecule has 0 spiro atoms. The van der Waals surface area contributed by atoms with Gasteiger partial charge in [0.1, 0.15) is 10.9 Å². The Hall–Kier alpha value is -1.96. The monoisotopic (exact) mass is 341 g/mol. The lowest BCUT2D eigenvalue weighted by molar-refractivity contribution is -0.274. The van der Waals surface area contributed by atoms with Crippen molar-refractivity contribution in [2.24, 2.45) is 0 Å². The number of para-hydroxylation sites is 1. The standard InChI is InChI=1S/C13H6ClF6NO/c14-11-10(8(5-6-21-11)12(15,16)17)7-3-1-2-4-9(7)22-13(18,19)20/h1-6H. The van der Waals surface area contributed by atoms with Gasteiger partial charge in [-0.2, -0.15) is 13.2 Å². The van der Waals surface area contributed by atoms with E-state index in [9.17, 15) is 26.3 Å². The number of pyridine rings is 1. The Kier molecular flexibility index (Phi) is 4.23. The van der Waals surface area contributed by atoms with Crippen LogP contribution in [0.15, 0.2) is 36.5 Å². The number of rotatable bonds is 2. The van der Waals surface area contributed by atoms with Crippen LogP contribution >= 0.6 is 11.6 Å². The molecule has 0 bridgehead atoms. The average Bonchev–Trinajstić information content (AvgIpc) is 2.36. The molecule has 0 fully saturated rings. The van der Waals surface area contributed by atoms with Crippen LogP contribution in [0.4, 0.5) is 26.3 Å². The Labute approximate surface area is 125 Å². The van der Waals surface area contributed by atoms with E-state index < -0.39 is 40.1 Å². The molecule has 0 aliphatic heterocycles. The highest BCUT2D eigenvalue weighted by atomic mass is 35.5. The number of alkyl halides is 6. The minimum absolute atomic E-state index is 0.453. The van der Waals surface area contributed by atoms with E-state index in [1.807, 2.05) is 0 Å². The lowest BCUT2D eigenvalue weighted by atomic mass is 10.0. The second-order valence-electron chi connectivity index (χ2n) is 4.07. The van der Waals surface area contributed by atoms with Crippen LogP contribution in [-0.2, 0) is 6.18 Å². The maximum Gasteiger partial charge on any atom is 0.573 e. The van der Waals surface area contributed by atoms with Crippen LogP contribution in [0.1, 0.15) is 5.56 Å². The van der Waals surface area contributed by atoms with Gasteiger partial charge >= 0.3 is 12.5 Å². The molecule has 22 heavy (non-hydrogen) atoms. The maximum absolute atomic E-state index is 13.0. The van der Waals surface area contributed by atoms with Gasteiger partial charge in [-0.3, -0.25) is 0 Å². The third-order valence-electron chi connectivity index (χ3n) is 2.59. The summed E-state index contributed by atoms with van der Waals surface area (Å²) in [6.07, 6.45) is -9.04. The van der Waals surface area contributed by atoms with E-state index in [4.69, 9.17) is 11.6 Å². The normalized spacial score (nSPS) is 12.3. The number of ether oxygens (including phenoxy) is 1. The summed E-state index contributed by atoms with van der Waals surface area (Å²) in [4.78, 5) is 3.50. The Morgan fingerprint density at radius 1 is 0.955 bits per heavy atom. The van der Waals surface area contributed by atoms with Crippen molar-refractivity contribution in [2.45, 2.75) is 12.5 Å². The molecular weight excluding hydrogens is 336 g/mol. The fraction of sp³-hybridized carbons (Fsp3) is 0.154. The molecule has 1 aromatic carbocycles. The second kappa shape index (κ2) is 5.68. The van der Waals surface area contributed by atoms with Crippen LogP contribution in [0.25, 0.3) is 11.1 Å². The molecule has 2 aromatic rings. The summed E-state index contributed by atoms with van der Waals surface area (Å²) < 4.78 is 80.0. The zero-order chi connectivity index (χ0) is 16.5. The molecule has 0 saturated heterocycles. The van der Waals surface area contributed by atoms with E-state index in [2.05, 4.69) is 9.72 Å². The Morgan fingerprint density at radius 3 is 2.18 bits per heavy atom. The van der Waals surface area contributed by atoms with Crippen LogP contribution in [0.3, 0.4) is 0 Å². The fourth-order valence-electron chi connectivity index (χ4n) is 1.82. The molecule has 2 rings (SSSR count). The summed E-state index contributed by atoms with van der Waals surface area (Å²) in [6, 6.07) is 5.03. The molecule has 0 N–H and O–H groups in total. The molecule has 0 unspecified atom stereocenters. The summed E-state index contributed by atoms with van der Waals surface area (Å²) in [6.45, 7) is 0. The molecule has 1 heterocycles. The SMILES string of the molecule is FC(F)(F)Oc1ccccc1-c1c(C(F)(F)F)ccnc1Cl. The highest BCUT2D eigenvalue weighted by Crippen LogP contribution is 2.43. The minimum atomic E-state index is -5.05. The first-order chi connectivity index (χ1) is 10.1. The molecule has 0 atom stereocenters. The molecule has 0 amide bonds. The zero-order valence-corrected chi connectivity index (χ0v) is 11.2. The summed E-state index contributed by atoms with van der Waals surface area (Å²) in [5.41, 5.74) is -2.33. The molecule has 9 heteroatoms. The van der Waals surface area contributed by atoms with Gasteiger partial charge < -0.3 is 4.74 Å². The van der Waals surface area contributed by atoms with Gasteiger partial charge in [-0.1, -0.05) is 29.8 Å². The van der Waals surface area contributed by atoms with Crippen LogP contribution in [0.5, 0.6) is 5.75 Å². The molecule has 0 aliphatic rings. The molecule has 2 nitrogen and oxygen atoms in total. The number of benzene rings is 1. The Balaban J connectivity index is 2.68. The van der Waals surface area contributed by atoms with Gasteiger partial charge in [-0.25, -0.2) is 4.98 Å². The van der Waals surface area contributed by atoms with Gasteiger partial charge in [0.05, 0.1) is 5.56 Å². The number of hydrogen-bond acceptors (Lipinski definition) is 2. The fourth-order valence-corrected chi connectivity index (χ4v) is 2.08. The van der Waals surface area contributed by atoms with E-state index in [-0.39, 0.29) is 0 Å². The van der Waals surface area contributed by atoms with Gasteiger partial charge in [0, 0.05) is 17.3 Å². The van der Waals surface area contributed by atoms with Crippen molar-refractivity contribution < 1.29 is 31.1 Å². The smallest absolute Gasteiger partial charge is 0.405 e. The lowest BCUT2D eigenvalue weighted by Gasteiger charge is -2.17. The molecular formula is C13H6ClF6NO. The Bertz CT molecular complexity index is 683. The largest absolute Gasteiger partial charge is 0.573 e. The van der Waals surface area contributed by atoms with Crippen molar-refractivity contribution >= 4 is 11.6 Å². The van der Waals surface area contributed by atoms with Crippen LogP contribution in [-0.4, -0.2) is 11.3 Å². The summed E-state index contributed by atoms with van der Waals surface area (Å²) in [7, 11) is 0. The second-order valence-corrected chi connectivity index (χ2v) is 4.42. The van der Waals surface area contributed by atoms with Gasteiger partial charge in [-0.05, 0) is 12.1 Å². The van der Waals surface area contributed by atoms with Crippen molar-refractivity contribution in [1.82, 2.24) is 4.98 Å². The quantitative estimate of drug-likeness (QED) is 0.545. The molecule has 1 aromatic heterocycles. The maximum atomic E-state index is 13.0. The van der Waals surface area contributed by atoms with E-state index in [1.165, 1.54) is 12.1 Å². The van der Waals surface area contributed by atoms with Gasteiger partial charge in [-0.15, -0.1) is 13.2 Å². The van der Waals surface area contributed by atoms with Crippen LogP contribution in [0, 0.1) is 0 Å². The molecule has 0 saturated carbocycles. The van der Waals surface area contributed by atoms with Crippen molar-refractivity contribution in [3.63, 3.8) is 0 Å². The van der Waals surface area contributed by atoms with Crippen molar-refractivity contribution in [1.29, 1.82) is 0 Å². The summed E-state index contributed by atoms with van der Waals surface area (Å²) in [5, 5.41) is -0.576. The lowest BCUT2D eigenvalue weighted by Crippen LogP contribution is -2.18. The van der Waals surface area contributed by atoms with Gasteiger partial charge in [0.2, 0.25) is 0 Å². The van der Waals surface area contributed by atoms with Crippen molar-refractivity contribution in [3.05, 3.63) is 47.2 Å². The van der Waals surface area contributed by atoms with E-state index in [0.717, 1.165) is 18.3 Å².